The van der Waals surface area contributed by atoms with Crippen LogP contribution in [0.5, 0.6) is 0 Å². The second kappa shape index (κ2) is 20.8. The molecule has 0 saturated heterocycles. The molecule has 104 valence electrons. The summed E-state index contributed by atoms with van der Waals surface area (Å²) in [6.07, 6.45) is 0. The fourth-order valence-corrected chi connectivity index (χ4v) is 3.17. The van der Waals surface area contributed by atoms with Crippen LogP contribution in [0.3, 0.4) is 0 Å². The van der Waals surface area contributed by atoms with Crippen molar-refractivity contribution in [3.8, 4) is 0 Å². The number of hydrogen-bond acceptors (Lipinski definition) is 5. The molecule has 0 bridgehead atoms. The van der Waals surface area contributed by atoms with Gasteiger partial charge >= 0.3 is 72.5 Å². The molecule has 6 heteroatoms. The SMILES string of the molecule is CC(N)c1scc[c]1[Sn+3].CC[S-].CC[S-].CC[S-]. The molecule has 2 N–H and O–H groups in total. The molecule has 0 fully saturated rings. The summed E-state index contributed by atoms with van der Waals surface area (Å²) in [5.74, 6) is 2.50. The molecule has 0 aliphatic heterocycles. The molecule has 1 aromatic heterocycles. The van der Waals surface area contributed by atoms with E-state index in [-0.39, 0.29) is 6.04 Å². The Balaban J connectivity index is -0.000000210. The molecule has 0 spiro atoms. The summed E-state index contributed by atoms with van der Waals surface area (Å²) in [4.78, 5) is 1.34. The quantitative estimate of drug-likeness (QED) is 0.548. The van der Waals surface area contributed by atoms with E-state index in [1.807, 2.05) is 27.7 Å². The largest absolute Gasteiger partial charge is 0.793 e. The van der Waals surface area contributed by atoms with Crippen molar-refractivity contribution in [1.82, 2.24) is 0 Å². The minimum atomic E-state index is 0.222. The van der Waals surface area contributed by atoms with Gasteiger partial charge in [-0.2, -0.15) is 17.3 Å². The Morgan fingerprint density at radius 3 is 1.61 bits per heavy atom. The van der Waals surface area contributed by atoms with Crippen LogP contribution in [-0.2, 0) is 37.9 Å². The maximum Gasteiger partial charge on any atom is -0.0874 e. The average molecular weight is 428 g/mol. The van der Waals surface area contributed by atoms with Crippen molar-refractivity contribution >= 4 is 75.3 Å². The van der Waals surface area contributed by atoms with Gasteiger partial charge in [-0.05, 0) is 0 Å². The van der Waals surface area contributed by atoms with Gasteiger partial charge in [0.2, 0.25) is 0 Å². The Labute approximate surface area is 147 Å². The maximum atomic E-state index is 5.68. The fraction of sp³-hybridized carbons (Fsp3) is 0.667. The Bertz CT molecular complexity index is 237. The molecule has 1 rings (SSSR count). The van der Waals surface area contributed by atoms with Crippen molar-refractivity contribution in [3.05, 3.63) is 16.3 Å². The predicted molar refractivity (Wildman–Crippen MR) is 96.0 cm³/mol. The van der Waals surface area contributed by atoms with Crippen molar-refractivity contribution in [3.63, 3.8) is 0 Å². The smallest absolute Gasteiger partial charge is 0.0874 e. The number of nitrogens with two attached hydrogens (primary N) is 1. The van der Waals surface area contributed by atoms with Gasteiger partial charge in [0, 0.05) is 0 Å². The molecule has 0 aromatic carbocycles. The Morgan fingerprint density at radius 2 is 1.50 bits per heavy atom. The molecule has 0 saturated carbocycles. The van der Waals surface area contributed by atoms with Crippen LogP contribution in [0.1, 0.15) is 38.6 Å². The first-order chi connectivity index (χ1) is 8.46. The topological polar surface area (TPSA) is 26.0 Å². The van der Waals surface area contributed by atoms with Crippen LogP contribution >= 0.6 is 11.3 Å². The van der Waals surface area contributed by atoms with Gasteiger partial charge in [-0.15, -0.1) is 0 Å². The molecule has 0 aliphatic rings. The third-order valence-corrected chi connectivity index (χ3v) is 3.99. The molecule has 1 unspecified atom stereocenters. The third kappa shape index (κ3) is 19.8. The number of rotatable bonds is 1. The summed E-state index contributed by atoms with van der Waals surface area (Å²) >= 11 is 16.4. The summed E-state index contributed by atoms with van der Waals surface area (Å²) in [6, 6.07) is 2.36. The molecule has 1 nitrogen and oxygen atoms in total. The molecule has 18 heavy (non-hydrogen) atoms. The number of hydrogen-bond donors (Lipinski definition) is 1. The van der Waals surface area contributed by atoms with Gasteiger partial charge in [0.25, 0.3) is 0 Å². The standard InChI is InChI=1S/C6H8NS.3C2H6S.Sn/c1-5(7)6-3-2-4-8-6;3*1-2-3;/h2,4-5H,7H2,1H3;3*3H,2H2,1H3;/q;;;;+3/p-3. The maximum absolute atomic E-state index is 5.68. The summed E-state index contributed by atoms with van der Waals surface area (Å²) in [5.41, 5.74) is 5.68. The van der Waals surface area contributed by atoms with Crippen molar-refractivity contribution in [2.24, 2.45) is 5.73 Å². The van der Waals surface area contributed by atoms with E-state index in [0.29, 0.717) is 0 Å². The van der Waals surface area contributed by atoms with Gasteiger partial charge in [-0.1, -0.05) is 20.8 Å². The van der Waals surface area contributed by atoms with Gasteiger partial charge in [-0.25, -0.2) is 0 Å². The van der Waals surface area contributed by atoms with Gasteiger partial charge < -0.3 is 37.9 Å². The van der Waals surface area contributed by atoms with Crippen LogP contribution in [-0.4, -0.2) is 39.8 Å². The molecule has 0 aliphatic carbocycles. The molecule has 1 atom stereocenters. The van der Waals surface area contributed by atoms with Crippen LogP contribution in [0.2, 0.25) is 0 Å². The second-order valence-corrected chi connectivity index (χ2v) is 7.07. The van der Waals surface area contributed by atoms with Crippen molar-refractivity contribution < 1.29 is 0 Å². The van der Waals surface area contributed by atoms with Crippen LogP contribution in [0.25, 0.3) is 0 Å². The van der Waals surface area contributed by atoms with E-state index in [9.17, 15) is 0 Å². The van der Waals surface area contributed by atoms with Gasteiger partial charge in [-0.3, -0.25) is 0 Å². The monoisotopic (exact) mass is 429 g/mol. The number of thiophene rings is 1. The zero-order valence-corrected chi connectivity index (χ0v) is 17.7. The molecule has 1 aromatic rings. The van der Waals surface area contributed by atoms with Gasteiger partial charge in [0.15, 0.2) is 0 Å². The van der Waals surface area contributed by atoms with Gasteiger partial charge in [0.1, 0.15) is 0 Å². The summed E-state index contributed by atoms with van der Waals surface area (Å²) in [5, 5.41) is 2.10. The average Bonchev–Trinajstić information content (AvgIpc) is 2.68. The van der Waals surface area contributed by atoms with Gasteiger partial charge in [0.05, 0.1) is 0 Å². The van der Waals surface area contributed by atoms with E-state index in [1.165, 1.54) is 31.0 Å². The first kappa shape index (κ1) is 24.5. The van der Waals surface area contributed by atoms with E-state index in [1.54, 1.807) is 11.3 Å². The van der Waals surface area contributed by atoms with E-state index in [0.717, 1.165) is 17.3 Å². The molecular weight excluding hydrogens is 405 g/mol. The molecular formula is C12H23NS4Sn. The molecule has 0 amide bonds. The Morgan fingerprint density at radius 1 is 1.17 bits per heavy atom. The first-order valence-electron chi connectivity index (χ1n) is 5.75. The summed E-state index contributed by atoms with van der Waals surface area (Å²) < 4.78 is 1.40. The van der Waals surface area contributed by atoms with Crippen molar-refractivity contribution in [1.29, 1.82) is 0 Å². The first-order valence-corrected chi connectivity index (χ1v) is 9.79. The third-order valence-electron chi connectivity index (χ3n) is 1.11. The molecule has 0 radical (unpaired) electrons. The Hall–Kier alpha value is 1.51. The minimum absolute atomic E-state index is 0.222. The van der Waals surface area contributed by atoms with E-state index in [4.69, 9.17) is 5.73 Å². The zero-order chi connectivity index (χ0) is 15.0. The van der Waals surface area contributed by atoms with Crippen LogP contribution in [0, 0.1) is 0 Å². The summed E-state index contributed by atoms with van der Waals surface area (Å²) in [6.45, 7) is 7.85. The molecule has 1 heterocycles. The van der Waals surface area contributed by atoms with Crippen LogP contribution in [0.4, 0.5) is 0 Å². The second-order valence-electron chi connectivity index (χ2n) is 2.85. The van der Waals surface area contributed by atoms with Crippen LogP contribution < -0.4 is 9.31 Å². The van der Waals surface area contributed by atoms with E-state index in [2.05, 4.69) is 49.3 Å². The predicted octanol–water partition coefficient (Wildman–Crippen LogP) is 2.22. The van der Waals surface area contributed by atoms with E-state index >= 15 is 0 Å². The fourth-order valence-electron chi connectivity index (χ4n) is 0.674. The summed E-state index contributed by atoms with van der Waals surface area (Å²) in [7, 11) is 0. The normalized spacial score (nSPS) is 9.89. The van der Waals surface area contributed by atoms with Crippen molar-refractivity contribution in [2.45, 2.75) is 33.7 Å². The zero-order valence-electron chi connectivity index (χ0n) is 11.6. The van der Waals surface area contributed by atoms with Crippen LogP contribution in [0.15, 0.2) is 11.4 Å². The minimum Gasteiger partial charge on any atom is -0.793 e. The van der Waals surface area contributed by atoms with Crippen molar-refractivity contribution in [2.75, 3.05) is 17.3 Å². The van der Waals surface area contributed by atoms with E-state index < -0.39 is 0 Å². The Kier molecular flexibility index (Phi) is 28.4.